The molecule has 32 heavy (non-hydrogen) atoms. The van der Waals surface area contributed by atoms with Crippen molar-refractivity contribution in [3.05, 3.63) is 41.7 Å². The highest BCUT2D eigenvalue weighted by Crippen LogP contribution is 2.38. The number of hydrogen-bond acceptors (Lipinski definition) is 6. The Morgan fingerprint density at radius 3 is 2.72 bits per heavy atom. The van der Waals surface area contributed by atoms with Crippen molar-refractivity contribution in [1.82, 2.24) is 9.38 Å². The average Bonchev–Trinajstić information content (AvgIpc) is 3.22. The number of hydrogen-bond donors (Lipinski definition) is 0. The SMILES string of the molecule is CCOC(=O)C1CCN(c2ccn3cc(-c4cc(Cl)c(OC)cc4OC)nc3c2)C(I)C1. The molecule has 0 spiro atoms. The number of anilines is 1. The average molecular weight is 570 g/mol. The predicted molar refractivity (Wildman–Crippen MR) is 133 cm³/mol. The number of alkyl halides is 1. The summed E-state index contributed by atoms with van der Waals surface area (Å²) in [6.07, 6.45) is 5.50. The molecule has 3 heterocycles. The molecule has 0 radical (unpaired) electrons. The van der Waals surface area contributed by atoms with Gasteiger partial charge in [0.15, 0.2) is 0 Å². The van der Waals surface area contributed by atoms with Gasteiger partial charge in [0.05, 0.1) is 41.5 Å². The first-order chi connectivity index (χ1) is 15.4. The topological polar surface area (TPSA) is 65.3 Å². The number of ether oxygens (including phenoxy) is 3. The van der Waals surface area contributed by atoms with E-state index in [-0.39, 0.29) is 15.9 Å². The first-order valence-corrected chi connectivity index (χ1v) is 12.1. The number of methoxy groups -OCH3 is 2. The predicted octanol–water partition coefficient (Wildman–Crippen LogP) is 5.21. The first-order valence-electron chi connectivity index (χ1n) is 10.4. The zero-order chi connectivity index (χ0) is 22.8. The van der Waals surface area contributed by atoms with E-state index in [0.29, 0.717) is 23.1 Å². The molecule has 1 aliphatic rings. The number of aromatic nitrogens is 2. The summed E-state index contributed by atoms with van der Waals surface area (Å²) in [5, 5.41) is 0.498. The third kappa shape index (κ3) is 4.47. The first kappa shape index (κ1) is 23.0. The number of pyridine rings is 1. The highest BCUT2D eigenvalue weighted by Gasteiger charge is 2.32. The van der Waals surface area contributed by atoms with E-state index < -0.39 is 0 Å². The van der Waals surface area contributed by atoms with Crippen LogP contribution in [0.1, 0.15) is 19.8 Å². The molecular weight excluding hydrogens is 545 g/mol. The van der Waals surface area contributed by atoms with Crippen LogP contribution in [0.5, 0.6) is 11.5 Å². The molecule has 2 aromatic heterocycles. The number of rotatable bonds is 6. The van der Waals surface area contributed by atoms with Crippen molar-refractivity contribution < 1.29 is 19.0 Å². The van der Waals surface area contributed by atoms with Crippen molar-refractivity contribution in [1.29, 1.82) is 0 Å². The van der Waals surface area contributed by atoms with Crippen LogP contribution in [0, 0.1) is 5.92 Å². The minimum absolute atomic E-state index is 0.0397. The van der Waals surface area contributed by atoms with Crippen LogP contribution >= 0.6 is 34.2 Å². The van der Waals surface area contributed by atoms with E-state index in [9.17, 15) is 4.79 Å². The van der Waals surface area contributed by atoms with E-state index in [4.69, 9.17) is 30.8 Å². The Labute approximate surface area is 205 Å². The summed E-state index contributed by atoms with van der Waals surface area (Å²) in [6, 6.07) is 7.72. The molecule has 1 fully saturated rings. The van der Waals surface area contributed by atoms with Crippen molar-refractivity contribution in [2.75, 3.05) is 32.3 Å². The Balaban J connectivity index is 1.61. The number of benzene rings is 1. The van der Waals surface area contributed by atoms with Gasteiger partial charge in [0.25, 0.3) is 0 Å². The molecule has 0 bridgehead atoms. The number of halogens is 2. The van der Waals surface area contributed by atoms with Crippen LogP contribution in [0.3, 0.4) is 0 Å². The van der Waals surface area contributed by atoms with Gasteiger partial charge in [0.1, 0.15) is 17.1 Å². The lowest BCUT2D eigenvalue weighted by molar-refractivity contribution is -0.148. The Morgan fingerprint density at radius 1 is 1.25 bits per heavy atom. The van der Waals surface area contributed by atoms with Crippen LogP contribution in [-0.4, -0.2) is 46.8 Å². The number of fused-ring (bicyclic) bond motifs is 1. The maximum Gasteiger partial charge on any atom is 0.309 e. The minimum atomic E-state index is -0.0886. The second-order valence-electron chi connectivity index (χ2n) is 7.56. The molecule has 4 rings (SSSR count). The molecule has 0 N–H and O–H groups in total. The fraction of sp³-hybridized carbons (Fsp3) is 0.391. The summed E-state index contributed by atoms with van der Waals surface area (Å²) in [5.74, 6) is 1.07. The van der Waals surface area contributed by atoms with E-state index in [2.05, 4.69) is 39.6 Å². The molecule has 170 valence electrons. The molecule has 1 aromatic carbocycles. The standard InChI is InChI=1S/C23H25ClIN3O4/c1-4-32-23(29)14-5-8-28(21(25)9-14)15-6-7-27-13-18(26-22(27)10-15)16-11-17(24)20(31-3)12-19(16)30-2/h6-7,10-14,21H,4-5,8-9H2,1-3H3. The lowest BCUT2D eigenvalue weighted by Crippen LogP contribution is -2.41. The van der Waals surface area contributed by atoms with Crippen LogP contribution in [0.25, 0.3) is 16.9 Å². The molecule has 2 unspecified atom stereocenters. The van der Waals surface area contributed by atoms with Crippen LogP contribution < -0.4 is 14.4 Å². The quantitative estimate of drug-likeness (QED) is 0.176. The number of imidazole rings is 1. The summed E-state index contributed by atoms with van der Waals surface area (Å²) < 4.78 is 18.2. The smallest absolute Gasteiger partial charge is 0.309 e. The number of carbonyl (C=O) groups excluding carboxylic acids is 1. The van der Waals surface area contributed by atoms with E-state index in [1.54, 1.807) is 20.3 Å². The highest BCUT2D eigenvalue weighted by molar-refractivity contribution is 14.1. The molecule has 0 saturated carbocycles. The van der Waals surface area contributed by atoms with Crippen molar-refractivity contribution in [3.63, 3.8) is 0 Å². The van der Waals surface area contributed by atoms with Gasteiger partial charge < -0.3 is 23.5 Å². The van der Waals surface area contributed by atoms with Crippen molar-refractivity contribution in [2.45, 2.75) is 23.8 Å². The third-order valence-corrected chi connectivity index (χ3v) is 7.16. The molecule has 9 heteroatoms. The summed E-state index contributed by atoms with van der Waals surface area (Å²) in [5.41, 5.74) is 3.46. The molecule has 0 aliphatic carbocycles. The number of piperidine rings is 1. The van der Waals surface area contributed by atoms with E-state index in [0.717, 1.165) is 42.0 Å². The van der Waals surface area contributed by atoms with E-state index in [1.165, 1.54) is 0 Å². The van der Waals surface area contributed by atoms with Gasteiger partial charge in [0.2, 0.25) is 0 Å². The second kappa shape index (κ2) is 9.74. The third-order valence-electron chi connectivity index (χ3n) is 5.68. The van der Waals surface area contributed by atoms with Gasteiger partial charge in [0, 0.05) is 42.3 Å². The molecule has 7 nitrogen and oxygen atoms in total. The number of nitrogens with zero attached hydrogens (tertiary/aromatic N) is 3. The van der Waals surface area contributed by atoms with E-state index in [1.807, 2.05) is 29.8 Å². The van der Waals surface area contributed by atoms with Crippen molar-refractivity contribution in [2.24, 2.45) is 5.92 Å². The maximum absolute atomic E-state index is 12.1. The summed E-state index contributed by atoms with van der Waals surface area (Å²) in [7, 11) is 3.18. The Bertz CT molecular complexity index is 1140. The molecule has 1 aliphatic heterocycles. The Kier molecular flexibility index (Phi) is 6.99. The van der Waals surface area contributed by atoms with Gasteiger partial charge in [-0.05, 0) is 31.9 Å². The fourth-order valence-corrected chi connectivity index (χ4v) is 5.47. The van der Waals surface area contributed by atoms with Crippen LogP contribution in [0.4, 0.5) is 5.69 Å². The molecule has 1 saturated heterocycles. The Hall–Kier alpha value is -2.20. The fourth-order valence-electron chi connectivity index (χ4n) is 4.02. The largest absolute Gasteiger partial charge is 0.496 e. The zero-order valence-electron chi connectivity index (χ0n) is 18.2. The minimum Gasteiger partial charge on any atom is -0.496 e. The zero-order valence-corrected chi connectivity index (χ0v) is 21.1. The van der Waals surface area contributed by atoms with Gasteiger partial charge in [-0.15, -0.1) is 0 Å². The van der Waals surface area contributed by atoms with E-state index >= 15 is 0 Å². The van der Waals surface area contributed by atoms with Crippen LogP contribution in [0.2, 0.25) is 5.02 Å². The lowest BCUT2D eigenvalue weighted by Gasteiger charge is -2.37. The second-order valence-corrected chi connectivity index (χ2v) is 9.41. The lowest BCUT2D eigenvalue weighted by atomic mass is 9.96. The van der Waals surface area contributed by atoms with Gasteiger partial charge >= 0.3 is 5.97 Å². The highest BCUT2D eigenvalue weighted by atomic mass is 127. The summed E-state index contributed by atoms with van der Waals surface area (Å²) in [4.78, 5) is 19.3. The van der Waals surface area contributed by atoms with Gasteiger partial charge in [-0.2, -0.15) is 0 Å². The van der Waals surface area contributed by atoms with Gasteiger partial charge in [-0.25, -0.2) is 4.98 Å². The summed E-state index contributed by atoms with van der Waals surface area (Å²) >= 11 is 8.75. The summed E-state index contributed by atoms with van der Waals surface area (Å²) in [6.45, 7) is 3.06. The van der Waals surface area contributed by atoms with Gasteiger partial charge in [-0.3, -0.25) is 4.79 Å². The van der Waals surface area contributed by atoms with Gasteiger partial charge in [-0.1, -0.05) is 34.2 Å². The normalized spacial score (nSPS) is 18.6. The Morgan fingerprint density at radius 2 is 2.03 bits per heavy atom. The van der Waals surface area contributed by atoms with Crippen molar-refractivity contribution in [3.8, 4) is 22.8 Å². The van der Waals surface area contributed by atoms with Crippen LogP contribution in [-0.2, 0) is 9.53 Å². The molecule has 3 aromatic rings. The maximum atomic E-state index is 12.1. The number of carbonyl (C=O) groups is 1. The van der Waals surface area contributed by atoms with Crippen LogP contribution in [0.15, 0.2) is 36.7 Å². The molecule has 2 atom stereocenters. The molecular formula is C23H25ClIN3O4. The molecule has 0 amide bonds. The monoisotopic (exact) mass is 569 g/mol. The number of esters is 1. The van der Waals surface area contributed by atoms with Crippen molar-refractivity contribution >= 4 is 51.5 Å².